The molecule has 3 atom stereocenters. The molecule has 5 aliphatic rings. The molecule has 11 rings (SSSR count). The smallest absolute Gasteiger partial charge is 0.345 e. The number of carboxylic acid groups (broad SMARTS) is 1. The SMILES string of the molecule is Cc1c(Cl)c2c(Cl)c(C)c1-c1c(-c3ccc(F)cc3)sc3ncnc(c13)O[C@@H](C(=O)O)Cc1cc(ccc1OCc1ccnc(C3CCC(F)(COC[C@H]4COCCO4)CC3)n1)OC[C@@H](CN1CCN(C)CC1)O2. The van der Waals surface area contributed by atoms with Gasteiger partial charge in [0.25, 0.3) is 0 Å². The number of halogens is 4. The maximum Gasteiger partial charge on any atom is 0.345 e. The second-order valence-corrected chi connectivity index (χ2v) is 21.3. The minimum absolute atomic E-state index is 0.00668. The fraction of sp³-hybridized carbons (Fsp3) is 0.463. The summed E-state index contributed by atoms with van der Waals surface area (Å²) in [4.78, 5) is 37.8. The molecule has 392 valence electrons. The highest BCUT2D eigenvalue weighted by molar-refractivity contribution is 7.22. The number of hydrogen-bond donors (Lipinski definition) is 1. The van der Waals surface area contributed by atoms with Crippen LogP contribution in [-0.2, 0) is 32.0 Å². The van der Waals surface area contributed by atoms with E-state index in [1.54, 1.807) is 42.6 Å². The number of aliphatic carboxylic acids is 1. The molecule has 3 aromatic heterocycles. The van der Waals surface area contributed by atoms with Crippen molar-refractivity contribution >= 4 is 50.7 Å². The normalized spacial score (nSPS) is 22.9. The number of likely N-dealkylation sites (N-methyl/N-ethyl adjacent to an activating group) is 1. The van der Waals surface area contributed by atoms with Crippen molar-refractivity contribution in [3.63, 3.8) is 0 Å². The van der Waals surface area contributed by atoms with E-state index < -0.39 is 29.7 Å². The van der Waals surface area contributed by atoms with Crippen molar-refractivity contribution in [3.8, 4) is 44.7 Å². The van der Waals surface area contributed by atoms with Crippen LogP contribution in [0.5, 0.6) is 23.1 Å². The van der Waals surface area contributed by atoms with Gasteiger partial charge in [-0.1, -0.05) is 35.3 Å². The van der Waals surface area contributed by atoms with E-state index in [0.717, 1.165) is 26.2 Å². The fourth-order valence-corrected chi connectivity index (χ4v) is 11.8. The number of rotatable bonds is 12. The lowest BCUT2D eigenvalue weighted by atomic mass is 9.80. The molecule has 0 amide bonds. The van der Waals surface area contributed by atoms with Gasteiger partial charge in [0, 0.05) is 67.3 Å². The third-order valence-electron chi connectivity index (χ3n) is 14.3. The van der Waals surface area contributed by atoms with Gasteiger partial charge < -0.3 is 43.2 Å². The van der Waals surface area contributed by atoms with Crippen molar-refractivity contribution < 1.29 is 51.8 Å². The van der Waals surface area contributed by atoms with Gasteiger partial charge in [0.2, 0.25) is 12.0 Å². The number of fused-ring (bicyclic) bond motifs is 7. The lowest BCUT2D eigenvalue weighted by Crippen LogP contribution is -2.49. The fourth-order valence-electron chi connectivity index (χ4n) is 10.1. The Balaban J connectivity index is 0.969. The minimum atomic E-state index is -1.49. The molecule has 4 bridgehead atoms. The van der Waals surface area contributed by atoms with E-state index in [1.165, 1.54) is 29.8 Å². The van der Waals surface area contributed by atoms with E-state index in [0.29, 0.717) is 129 Å². The van der Waals surface area contributed by atoms with Crippen LogP contribution < -0.4 is 18.9 Å². The zero-order chi connectivity index (χ0) is 51.5. The Morgan fingerprint density at radius 2 is 1.70 bits per heavy atom. The van der Waals surface area contributed by atoms with Crippen LogP contribution in [0.3, 0.4) is 0 Å². The van der Waals surface area contributed by atoms with Crippen LogP contribution in [-0.4, -0.2) is 144 Å². The molecule has 7 heterocycles. The molecule has 1 N–H and O–H groups in total. The molecule has 2 saturated heterocycles. The number of ether oxygens (including phenoxy) is 7. The number of carboxylic acids is 1. The van der Waals surface area contributed by atoms with Crippen LogP contribution in [0.15, 0.2) is 61.1 Å². The highest BCUT2D eigenvalue weighted by atomic mass is 35.5. The number of alkyl halides is 1. The second kappa shape index (κ2) is 22.9. The first-order chi connectivity index (χ1) is 35.8. The summed E-state index contributed by atoms with van der Waals surface area (Å²) < 4.78 is 73.5. The molecule has 15 nitrogen and oxygen atoms in total. The van der Waals surface area contributed by atoms with Gasteiger partial charge in [-0.15, -0.1) is 11.3 Å². The van der Waals surface area contributed by atoms with E-state index in [9.17, 15) is 14.3 Å². The van der Waals surface area contributed by atoms with E-state index in [1.807, 2.05) is 13.8 Å². The molecular formula is C54H58Cl2F2N6O9S. The summed E-state index contributed by atoms with van der Waals surface area (Å²) in [6, 6.07) is 13.1. The Morgan fingerprint density at radius 1 is 0.932 bits per heavy atom. The number of benzene rings is 3. The number of aromatic nitrogens is 4. The summed E-state index contributed by atoms with van der Waals surface area (Å²) in [5.74, 6) is 0.0324. The van der Waals surface area contributed by atoms with Crippen LogP contribution >= 0.6 is 34.5 Å². The topological polar surface area (TPSA) is 160 Å². The largest absolute Gasteiger partial charge is 0.490 e. The van der Waals surface area contributed by atoms with Crippen LogP contribution in [0.1, 0.15) is 59.8 Å². The summed E-state index contributed by atoms with van der Waals surface area (Å²) in [6.07, 6.45) is 2.34. The molecular weight excluding hydrogens is 1020 g/mol. The predicted octanol–water partition coefficient (Wildman–Crippen LogP) is 9.72. The van der Waals surface area contributed by atoms with Crippen LogP contribution in [0.2, 0.25) is 10.0 Å². The molecule has 4 aliphatic heterocycles. The van der Waals surface area contributed by atoms with Crippen LogP contribution in [0.4, 0.5) is 8.78 Å². The lowest BCUT2D eigenvalue weighted by molar-refractivity contribution is -0.145. The standard InChI is InChI=1S/C54H58Cl2F2N6O9S/c1-31-43-32(2)47(56)48(46(31)55)72-39(24-64-18-16-63(3)17-19-64)28-70-38-8-9-41(71-25-37-12-15-59-50(62-37)34-10-13-54(58,14-11-34)29-68-27-40-26-67-20-21-69-40)35(22-38)23-42(53(65)66)73-51-45-44(43)49(74-52(45)61-30-60-51)33-4-6-36(57)7-5-33/h4-9,12,15,22,30,34,39-40,42H,10-11,13-14,16-21,23-29H2,1-3H3,(H,65,66)/t34?,39-,40-,42-,54?/m1/s1. The first-order valence-corrected chi connectivity index (χ1v) is 26.5. The monoisotopic (exact) mass is 1070 g/mol. The third-order valence-corrected chi connectivity index (χ3v) is 16.3. The second-order valence-electron chi connectivity index (χ2n) is 19.5. The van der Waals surface area contributed by atoms with Gasteiger partial charge in [0.05, 0.1) is 54.2 Å². The molecule has 0 radical (unpaired) electrons. The molecule has 74 heavy (non-hydrogen) atoms. The molecule has 20 heteroatoms. The van der Waals surface area contributed by atoms with E-state index >= 15 is 4.39 Å². The number of carbonyl (C=O) groups is 1. The minimum Gasteiger partial charge on any atom is -0.490 e. The van der Waals surface area contributed by atoms with Crippen molar-refractivity contribution in [1.29, 1.82) is 0 Å². The van der Waals surface area contributed by atoms with Crippen LogP contribution in [0, 0.1) is 19.7 Å². The molecule has 0 spiro atoms. The van der Waals surface area contributed by atoms with Gasteiger partial charge in [0.1, 0.15) is 65.4 Å². The summed E-state index contributed by atoms with van der Waals surface area (Å²) in [5, 5.41) is 11.9. The maximum atomic E-state index is 15.9. The zero-order valence-electron chi connectivity index (χ0n) is 41.4. The van der Waals surface area contributed by atoms with Gasteiger partial charge in [-0.2, -0.15) is 0 Å². The molecule has 0 unspecified atom stereocenters. The number of nitrogens with zero attached hydrogens (tertiary/aromatic N) is 6. The van der Waals surface area contributed by atoms with Gasteiger partial charge in [0.15, 0.2) is 5.75 Å². The zero-order valence-corrected chi connectivity index (χ0v) is 43.7. The maximum absolute atomic E-state index is 15.9. The summed E-state index contributed by atoms with van der Waals surface area (Å²) >= 11 is 16.0. The highest BCUT2D eigenvalue weighted by Crippen LogP contribution is 2.53. The summed E-state index contributed by atoms with van der Waals surface area (Å²) in [5.41, 5.74) is 2.84. The van der Waals surface area contributed by atoms with E-state index in [-0.39, 0.29) is 60.8 Å². The summed E-state index contributed by atoms with van der Waals surface area (Å²) in [7, 11) is 2.10. The summed E-state index contributed by atoms with van der Waals surface area (Å²) in [6.45, 7) is 9.57. The van der Waals surface area contributed by atoms with Crippen LogP contribution in [0.25, 0.3) is 31.8 Å². The first-order valence-electron chi connectivity index (χ1n) is 24.9. The molecule has 3 aromatic carbocycles. The quantitative estimate of drug-likeness (QED) is 0.123. The Bertz CT molecular complexity index is 2940. The van der Waals surface area contributed by atoms with Gasteiger partial charge in [-0.25, -0.2) is 33.5 Å². The Kier molecular flexibility index (Phi) is 16.1. The highest BCUT2D eigenvalue weighted by Gasteiger charge is 2.38. The number of hydrogen-bond acceptors (Lipinski definition) is 15. The van der Waals surface area contributed by atoms with Crippen molar-refractivity contribution in [2.45, 2.75) is 82.5 Å². The van der Waals surface area contributed by atoms with Gasteiger partial charge in [-0.05, 0) is 105 Å². The molecule has 1 saturated carbocycles. The Labute approximate surface area is 442 Å². The molecule has 1 aliphatic carbocycles. The number of thiophene rings is 1. The molecule has 6 aromatic rings. The predicted molar refractivity (Wildman–Crippen MR) is 277 cm³/mol. The Morgan fingerprint density at radius 3 is 2.43 bits per heavy atom. The average Bonchev–Trinajstić information content (AvgIpc) is 3.79. The van der Waals surface area contributed by atoms with Crippen molar-refractivity contribution in [2.24, 2.45) is 0 Å². The third kappa shape index (κ3) is 11.7. The van der Waals surface area contributed by atoms with Crippen molar-refractivity contribution in [3.05, 3.63) is 105 Å². The Hall–Kier alpha value is -5.31. The van der Waals surface area contributed by atoms with Crippen molar-refractivity contribution in [2.75, 3.05) is 79.4 Å². The number of piperazine rings is 1. The average molecular weight is 1080 g/mol. The lowest BCUT2D eigenvalue weighted by Gasteiger charge is -2.35. The van der Waals surface area contributed by atoms with E-state index in [2.05, 4.69) is 31.8 Å². The first kappa shape index (κ1) is 52.1. The van der Waals surface area contributed by atoms with Gasteiger partial charge in [-0.3, -0.25) is 4.90 Å². The molecule has 3 fully saturated rings. The van der Waals surface area contributed by atoms with Gasteiger partial charge >= 0.3 is 5.97 Å². The van der Waals surface area contributed by atoms with Crippen molar-refractivity contribution in [1.82, 2.24) is 29.7 Å². The van der Waals surface area contributed by atoms with E-state index in [4.69, 9.17) is 61.3 Å².